The predicted octanol–water partition coefficient (Wildman–Crippen LogP) is 5.59. The number of nitrogens with two attached hydrogens (primary N) is 2. The number of amides is 7. The van der Waals surface area contributed by atoms with E-state index < -0.39 is 83.8 Å². The minimum absolute atomic E-state index is 0.0314. The van der Waals surface area contributed by atoms with E-state index in [4.69, 9.17) is 20.9 Å². The number of anilines is 2. The van der Waals surface area contributed by atoms with E-state index in [-0.39, 0.29) is 57.4 Å². The van der Waals surface area contributed by atoms with Gasteiger partial charge in [0.2, 0.25) is 17.7 Å². The number of fused-ring (bicyclic) bond motifs is 3. The molecule has 0 radical (unpaired) electrons. The fourth-order valence-electron chi connectivity index (χ4n) is 8.21. The second-order valence-corrected chi connectivity index (χ2v) is 18.6. The van der Waals surface area contributed by atoms with Gasteiger partial charge >= 0.3 is 30.2 Å². The first-order valence-corrected chi connectivity index (χ1v) is 23.6. The summed E-state index contributed by atoms with van der Waals surface area (Å²) in [4.78, 5) is 102. The smallest absolute Gasteiger partial charge is 0.411 e. The monoisotopic (exact) mass is 992 g/mol. The van der Waals surface area contributed by atoms with Crippen molar-refractivity contribution in [2.24, 2.45) is 22.8 Å². The van der Waals surface area contributed by atoms with Crippen molar-refractivity contribution >= 4 is 59.3 Å². The van der Waals surface area contributed by atoms with Gasteiger partial charge in [0.15, 0.2) is 0 Å². The van der Waals surface area contributed by atoms with Gasteiger partial charge in [-0.05, 0) is 110 Å². The molecule has 72 heavy (non-hydrogen) atoms. The SMILES string of the molecule is CC(C)[C@H](NC(=O)[C@H](CCC(=O)O)NC(=O)OCC1c2ccccc2-c2ccccc21)C(=O)N[C@@H](CCCNC(N)=O)C(=O)Nc1ccc(COC(=O)Nc2ccc(C[C@H](N)CC(C)(C)C(=O)O)cc2)cc1. The van der Waals surface area contributed by atoms with Gasteiger partial charge in [-0.15, -0.1) is 0 Å². The number of hydrogen-bond donors (Lipinski definition) is 10. The van der Waals surface area contributed by atoms with Crippen molar-refractivity contribution in [3.8, 4) is 11.1 Å². The highest BCUT2D eigenvalue weighted by Crippen LogP contribution is 2.44. The highest BCUT2D eigenvalue weighted by atomic mass is 16.6. The summed E-state index contributed by atoms with van der Waals surface area (Å²) in [5.41, 5.74) is 16.7. The van der Waals surface area contributed by atoms with Gasteiger partial charge in [0.05, 0.1) is 5.41 Å². The Morgan fingerprint density at radius 3 is 1.81 bits per heavy atom. The van der Waals surface area contributed by atoms with Crippen LogP contribution in [-0.4, -0.2) is 95.4 Å². The topological polar surface area (TPSA) is 320 Å². The molecule has 1 aliphatic carbocycles. The lowest BCUT2D eigenvalue weighted by Crippen LogP contribution is -2.58. The maximum atomic E-state index is 13.9. The van der Waals surface area contributed by atoms with Crippen LogP contribution in [0.2, 0.25) is 0 Å². The van der Waals surface area contributed by atoms with Crippen molar-refractivity contribution in [3.63, 3.8) is 0 Å². The fraction of sp³-hybridized carbons (Fsp3) is 0.385. The van der Waals surface area contributed by atoms with Crippen LogP contribution in [0.1, 0.15) is 88.0 Å². The number of carboxylic acids is 2. The van der Waals surface area contributed by atoms with Crippen molar-refractivity contribution in [2.45, 2.75) is 103 Å². The number of carbonyl (C=O) groups is 8. The molecule has 0 fully saturated rings. The van der Waals surface area contributed by atoms with Gasteiger partial charge in [-0.25, -0.2) is 14.4 Å². The van der Waals surface area contributed by atoms with Crippen molar-refractivity contribution in [3.05, 3.63) is 119 Å². The van der Waals surface area contributed by atoms with Gasteiger partial charge in [-0.3, -0.25) is 29.3 Å². The number of urea groups is 1. The standard InChI is InChI=1S/C52H64N8O12/c1-30(2)44(60-46(64)42(23-24-43(61)62)59-51(70)72-29-40-38-12-7-5-10-36(38)37-11-6-8-13-39(37)40)47(65)58-41(14-9-25-55-49(54)68)45(63)56-34-21-17-32(18-22-34)28-71-50(69)57-35-19-15-31(16-20-35)26-33(53)27-52(3,4)48(66)67/h5-8,10-13,15-22,30,33,40-42,44H,9,14,23-29,53H2,1-4H3,(H,56,63)(H,57,69)(H,58,65)(H,59,70)(H,60,64)(H,61,62)(H,66,67)(H3,54,55,68)/t33-,41-,42-,44-/m0/s1. The molecule has 1 aliphatic rings. The van der Waals surface area contributed by atoms with Gasteiger partial charge < -0.3 is 57.7 Å². The Kier molecular flexibility index (Phi) is 19.6. The van der Waals surface area contributed by atoms with Gasteiger partial charge in [-0.2, -0.15) is 0 Å². The Morgan fingerprint density at radius 2 is 1.24 bits per heavy atom. The lowest BCUT2D eigenvalue weighted by atomic mass is 9.84. The molecule has 20 heteroatoms. The van der Waals surface area contributed by atoms with Crippen LogP contribution >= 0.6 is 0 Å². The van der Waals surface area contributed by atoms with Crippen LogP contribution in [0.25, 0.3) is 11.1 Å². The largest absolute Gasteiger partial charge is 0.481 e. The molecule has 0 aliphatic heterocycles. The highest BCUT2D eigenvalue weighted by Gasteiger charge is 2.34. The molecule has 12 N–H and O–H groups in total. The second-order valence-electron chi connectivity index (χ2n) is 18.6. The van der Waals surface area contributed by atoms with Crippen LogP contribution in [0.5, 0.6) is 0 Å². The Morgan fingerprint density at radius 1 is 0.667 bits per heavy atom. The number of benzene rings is 4. The molecular formula is C52H64N8O12. The molecule has 4 atom stereocenters. The molecule has 4 aromatic rings. The zero-order valence-corrected chi connectivity index (χ0v) is 40.7. The number of ether oxygens (including phenoxy) is 2. The van der Waals surface area contributed by atoms with E-state index in [2.05, 4.69) is 31.9 Å². The van der Waals surface area contributed by atoms with Crippen LogP contribution < -0.4 is 43.4 Å². The first-order valence-electron chi connectivity index (χ1n) is 23.6. The Balaban J connectivity index is 1.16. The van der Waals surface area contributed by atoms with Crippen LogP contribution in [0.3, 0.4) is 0 Å². The lowest BCUT2D eigenvalue weighted by Gasteiger charge is -2.27. The average molecular weight is 993 g/mol. The molecule has 7 amide bonds. The highest BCUT2D eigenvalue weighted by molar-refractivity contribution is 5.99. The van der Waals surface area contributed by atoms with Crippen LogP contribution in [0.4, 0.5) is 25.8 Å². The van der Waals surface area contributed by atoms with Gasteiger partial charge in [0.25, 0.3) is 0 Å². The van der Waals surface area contributed by atoms with E-state index in [0.29, 0.717) is 23.4 Å². The number of aliphatic carboxylic acids is 2. The summed E-state index contributed by atoms with van der Waals surface area (Å²) in [5, 5.41) is 34.5. The Labute approximate surface area is 417 Å². The van der Waals surface area contributed by atoms with E-state index in [1.165, 1.54) is 0 Å². The van der Waals surface area contributed by atoms with Gasteiger partial charge in [0.1, 0.15) is 31.3 Å². The molecule has 0 saturated heterocycles. The molecule has 0 aromatic heterocycles. The molecule has 0 unspecified atom stereocenters. The third-order valence-corrected chi connectivity index (χ3v) is 12.1. The fourth-order valence-corrected chi connectivity index (χ4v) is 8.21. The van der Waals surface area contributed by atoms with E-state index in [1.54, 1.807) is 76.2 Å². The summed E-state index contributed by atoms with van der Waals surface area (Å²) in [6, 6.07) is 23.8. The number of nitrogens with one attached hydrogen (secondary N) is 6. The molecule has 384 valence electrons. The molecular weight excluding hydrogens is 929 g/mol. The van der Waals surface area contributed by atoms with Crippen LogP contribution in [0, 0.1) is 11.3 Å². The third-order valence-electron chi connectivity index (χ3n) is 12.1. The zero-order chi connectivity index (χ0) is 52.5. The lowest BCUT2D eigenvalue weighted by molar-refractivity contribution is -0.147. The van der Waals surface area contributed by atoms with Crippen LogP contribution in [-0.2, 0) is 46.5 Å². The first kappa shape index (κ1) is 54.9. The zero-order valence-electron chi connectivity index (χ0n) is 40.7. The van der Waals surface area contributed by atoms with Crippen molar-refractivity contribution in [1.29, 1.82) is 0 Å². The molecule has 0 spiro atoms. The van der Waals surface area contributed by atoms with E-state index in [1.807, 2.05) is 48.5 Å². The molecule has 5 rings (SSSR count). The van der Waals surface area contributed by atoms with Crippen molar-refractivity contribution in [2.75, 3.05) is 23.8 Å². The number of primary amides is 1. The van der Waals surface area contributed by atoms with Crippen LogP contribution in [0.15, 0.2) is 97.1 Å². The molecule has 0 bridgehead atoms. The number of rotatable bonds is 25. The maximum Gasteiger partial charge on any atom is 0.411 e. The van der Waals surface area contributed by atoms with Gasteiger partial charge in [0, 0.05) is 36.3 Å². The minimum atomic E-state index is -1.41. The summed E-state index contributed by atoms with van der Waals surface area (Å²) < 4.78 is 11.0. The average Bonchev–Trinajstić information content (AvgIpc) is 3.65. The molecule has 0 heterocycles. The number of carbonyl (C=O) groups excluding carboxylic acids is 6. The maximum absolute atomic E-state index is 13.9. The summed E-state index contributed by atoms with van der Waals surface area (Å²) in [6.07, 6.45) is -1.50. The number of alkyl carbamates (subject to hydrolysis) is 1. The predicted molar refractivity (Wildman–Crippen MR) is 267 cm³/mol. The van der Waals surface area contributed by atoms with E-state index >= 15 is 0 Å². The molecule has 4 aromatic carbocycles. The summed E-state index contributed by atoms with van der Waals surface area (Å²) >= 11 is 0. The van der Waals surface area contributed by atoms with E-state index in [0.717, 1.165) is 27.8 Å². The Bertz CT molecular complexity index is 2520. The normalized spacial score (nSPS) is 13.5. The second kappa shape index (κ2) is 25.7. The summed E-state index contributed by atoms with van der Waals surface area (Å²) in [5.74, 6) is -5.20. The van der Waals surface area contributed by atoms with E-state index in [9.17, 15) is 48.6 Å². The Hall–Kier alpha value is -8.00. The van der Waals surface area contributed by atoms with Gasteiger partial charge in [-0.1, -0.05) is 86.6 Å². The molecule has 0 saturated carbocycles. The van der Waals surface area contributed by atoms with Crippen molar-refractivity contribution < 1.29 is 58.0 Å². The molecule has 20 nitrogen and oxygen atoms in total. The minimum Gasteiger partial charge on any atom is -0.481 e. The number of carboxylic acid groups (broad SMARTS) is 2. The first-order chi connectivity index (χ1) is 34.2. The summed E-state index contributed by atoms with van der Waals surface area (Å²) in [6.45, 7) is 6.47. The summed E-state index contributed by atoms with van der Waals surface area (Å²) in [7, 11) is 0. The van der Waals surface area contributed by atoms with Crippen molar-refractivity contribution in [1.82, 2.24) is 21.3 Å². The third kappa shape index (κ3) is 16.3. The number of hydrogen-bond acceptors (Lipinski definition) is 11. The quantitative estimate of drug-likeness (QED) is 0.0363.